The van der Waals surface area contributed by atoms with E-state index in [1.807, 2.05) is 18.2 Å². The summed E-state index contributed by atoms with van der Waals surface area (Å²) in [6.07, 6.45) is 3.46. The molecule has 0 fully saturated rings. The van der Waals surface area contributed by atoms with E-state index in [-0.39, 0.29) is 5.54 Å². The molecule has 0 bridgehead atoms. The van der Waals surface area contributed by atoms with Gasteiger partial charge in [-0.25, -0.2) is 4.99 Å². The molecule has 1 aromatic rings. The lowest BCUT2D eigenvalue weighted by molar-refractivity contribution is 0.264. The highest BCUT2D eigenvalue weighted by Gasteiger charge is 2.27. The third-order valence-corrected chi connectivity index (χ3v) is 3.09. The second-order valence-electron chi connectivity index (χ2n) is 4.13. The van der Waals surface area contributed by atoms with Crippen molar-refractivity contribution in [2.75, 3.05) is 6.61 Å². The van der Waals surface area contributed by atoms with Crippen LogP contribution in [-0.2, 0) is 11.2 Å². The van der Waals surface area contributed by atoms with E-state index in [1.54, 1.807) is 6.40 Å². The fraction of sp³-hybridized carbons (Fsp3) is 0.417. The number of nitrogens with zero attached hydrogens (tertiary/aromatic N) is 1. The summed E-state index contributed by atoms with van der Waals surface area (Å²) >= 11 is 6.09. The van der Waals surface area contributed by atoms with Crippen LogP contribution in [0.3, 0.4) is 0 Å². The van der Waals surface area contributed by atoms with Crippen LogP contribution >= 0.6 is 11.6 Å². The fourth-order valence-electron chi connectivity index (χ4n) is 1.66. The molecule has 1 aliphatic rings. The molecule has 2 nitrogen and oxygen atoms in total. The van der Waals surface area contributed by atoms with E-state index in [9.17, 15) is 0 Å². The van der Waals surface area contributed by atoms with E-state index in [0.29, 0.717) is 6.61 Å². The highest BCUT2D eigenvalue weighted by atomic mass is 35.5. The van der Waals surface area contributed by atoms with Crippen LogP contribution in [0.2, 0.25) is 5.02 Å². The first-order valence-electron chi connectivity index (χ1n) is 5.08. The van der Waals surface area contributed by atoms with Crippen LogP contribution in [-0.4, -0.2) is 18.5 Å². The number of benzene rings is 1. The number of aryl methyl sites for hydroxylation is 1. The van der Waals surface area contributed by atoms with Crippen molar-refractivity contribution < 1.29 is 4.74 Å². The van der Waals surface area contributed by atoms with Crippen molar-refractivity contribution in [3.8, 4) is 0 Å². The Bertz CT molecular complexity index is 378. The van der Waals surface area contributed by atoms with Crippen molar-refractivity contribution in [1.29, 1.82) is 0 Å². The second kappa shape index (κ2) is 4.23. The van der Waals surface area contributed by atoms with E-state index >= 15 is 0 Å². The van der Waals surface area contributed by atoms with Crippen LogP contribution in [0.1, 0.15) is 18.9 Å². The van der Waals surface area contributed by atoms with Gasteiger partial charge in [-0.05, 0) is 31.4 Å². The maximum atomic E-state index is 6.09. The summed E-state index contributed by atoms with van der Waals surface area (Å²) in [5, 5.41) is 0.837. The SMILES string of the molecule is CC1(CCc2ccccc2Cl)COC=N1. The van der Waals surface area contributed by atoms with Crippen LogP contribution in [0.5, 0.6) is 0 Å². The molecule has 0 saturated heterocycles. The lowest BCUT2D eigenvalue weighted by Crippen LogP contribution is -2.24. The van der Waals surface area contributed by atoms with Crippen LogP contribution < -0.4 is 0 Å². The molecule has 0 amide bonds. The van der Waals surface area contributed by atoms with Gasteiger partial charge < -0.3 is 4.74 Å². The average Bonchev–Trinajstić information content (AvgIpc) is 2.65. The van der Waals surface area contributed by atoms with Gasteiger partial charge in [0.05, 0.1) is 5.54 Å². The predicted molar refractivity (Wildman–Crippen MR) is 62.6 cm³/mol. The lowest BCUT2D eigenvalue weighted by Gasteiger charge is -2.18. The minimum Gasteiger partial charge on any atom is -0.481 e. The number of hydrogen-bond acceptors (Lipinski definition) is 2. The van der Waals surface area contributed by atoms with Crippen molar-refractivity contribution >= 4 is 18.0 Å². The first kappa shape index (κ1) is 10.5. The molecule has 3 heteroatoms. The molecule has 0 N–H and O–H groups in total. The summed E-state index contributed by atoms with van der Waals surface area (Å²) in [5.41, 5.74) is 1.11. The first-order chi connectivity index (χ1) is 7.20. The third-order valence-electron chi connectivity index (χ3n) is 2.72. The Balaban J connectivity index is 1.99. The molecular weight excluding hydrogens is 210 g/mol. The van der Waals surface area contributed by atoms with Crippen LogP contribution in [0.25, 0.3) is 0 Å². The summed E-state index contributed by atoms with van der Waals surface area (Å²) in [4.78, 5) is 4.32. The van der Waals surface area contributed by atoms with Crippen LogP contribution in [0.15, 0.2) is 29.3 Å². The molecule has 0 aliphatic carbocycles. The van der Waals surface area contributed by atoms with Gasteiger partial charge >= 0.3 is 0 Å². The zero-order valence-electron chi connectivity index (χ0n) is 8.74. The molecule has 15 heavy (non-hydrogen) atoms. The zero-order valence-corrected chi connectivity index (χ0v) is 9.50. The standard InChI is InChI=1S/C12H14ClNO/c1-12(8-15-9-14-12)7-6-10-4-2-3-5-11(10)13/h2-5,9H,6-8H2,1H3. The third kappa shape index (κ3) is 2.51. The first-order valence-corrected chi connectivity index (χ1v) is 5.46. The van der Waals surface area contributed by atoms with Crippen LogP contribution in [0, 0.1) is 0 Å². The van der Waals surface area contributed by atoms with Crippen LogP contribution in [0.4, 0.5) is 0 Å². The van der Waals surface area contributed by atoms with Crippen molar-refractivity contribution in [3.63, 3.8) is 0 Å². The number of rotatable bonds is 3. The quantitative estimate of drug-likeness (QED) is 0.772. The smallest absolute Gasteiger partial charge is 0.170 e. The van der Waals surface area contributed by atoms with Gasteiger partial charge in [0.25, 0.3) is 0 Å². The summed E-state index contributed by atoms with van der Waals surface area (Å²) in [5.74, 6) is 0. The Hall–Kier alpha value is -1.02. The van der Waals surface area contributed by atoms with E-state index in [1.165, 1.54) is 5.56 Å². The molecule has 80 valence electrons. The van der Waals surface area contributed by atoms with Crippen molar-refractivity contribution in [3.05, 3.63) is 34.9 Å². The van der Waals surface area contributed by atoms with Gasteiger partial charge in [0.15, 0.2) is 6.40 Å². The van der Waals surface area contributed by atoms with E-state index in [2.05, 4.69) is 18.0 Å². The average molecular weight is 224 g/mol. The summed E-state index contributed by atoms with van der Waals surface area (Å²) in [6, 6.07) is 7.95. The Kier molecular flexibility index (Phi) is 2.96. The predicted octanol–water partition coefficient (Wildman–Crippen LogP) is 3.09. The van der Waals surface area contributed by atoms with E-state index in [0.717, 1.165) is 17.9 Å². The Labute approximate surface area is 94.9 Å². The van der Waals surface area contributed by atoms with Crippen molar-refractivity contribution in [2.24, 2.45) is 4.99 Å². The van der Waals surface area contributed by atoms with Gasteiger partial charge in [0.2, 0.25) is 0 Å². The number of halogens is 1. The Morgan fingerprint density at radius 1 is 1.47 bits per heavy atom. The summed E-state index contributed by atoms with van der Waals surface area (Å²) in [7, 11) is 0. The normalized spacial score (nSPS) is 24.1. The van der Waals surface area contributed by atoms with Gasteiger partial charge in [0.1, 0.15) is 6.61 Å². The number of aliphatic imine (C=N–C) groups is 1. The molecule has 1 aromatic carbocycles. The zero-order chi connectivity index (χ0) is 10.7. The highest BCUT2D eigenvalue weighted by Crippen LogP contribution is 2.24. The van der Waals surface area contributed by atoms with Crippen molar-refractivity contribution in [1.82, 2.24) is 0 Å². The van der Waals surface area contributed by atoms with E-state index in [4.69, 9.17) is 16.3 Å². The van der Waals surface area contributed by atoms with Gasteiger partial charge in [-0.1, -0.05) is 29.8 Å². The van der Waals surface area contributed by atoms with Gasteiger partial charge in [-0.15, -0.1) is 0 Å². The molecule has 0 aromatic heterocycles. The van der Waals surface area contributed by atoms with E-state index < -0.39 is 0 Å². The number of ether oxygens (including phenoxy) is 1. The maximum Gasteiger partial charge on any atom is 0.170 e. The Morgan fingerprint density at radius 2 is 2.27 bits per heavy atom. The van der Waals surface area contributed by atoms with Gasteiger partial charge in [-0.3, -0.25) is 0 Å². The fourth-order valence-corrected chi connectivity index (χ4v) is 1.89. The monoisotopic (exact) mass is 223 g/mol. The highest BCUT2D eigenvalue weighted by molar-refractivity contribution is 6.31. The molecule has 2 rings (SSSR count). The van der Waals surface area contributed by atoms with Gasteiger partial charge in [0, 0.05) is 5.02 Å². The molecule has 0 saturated carbocycles. The largest absolute Gasteiger partial charge is 0.481 e. The summed E-state index contributed by atoms with van der Waals surface area (Å²) in [6.45, 7) is 2.78. The molecule has 0 spiro atoms. The number of hydrogen-bond donors (Lipinski definition) is 0. The van der Waals surface area contributed by atoms with Gasteiger partial charge in [-0.2, -0.15) is 0 Å². The topological polar surface area (TPSA) is 21.6 Å². The minimum absolute atomic E-state index is 0.0703. The van der Waals surface area contributed by atoms with Crippen molar-refractivity contribution in [2.45, 2.75) is 25.3 Å². The molecule has 1 heterocycles. The summed E-state index contributed by atoms with van der Waals surface area (Å²) < 4.78 is 5.15. The molecule has 0 radical (unpaired) electrons. The molecule has 1 aliphatic heterocycles. The second-order valence-corrected chi connectivity index (χ2v) is 4.54. The molecular formula is C12H14ClNO. The molecule has 1 unspecified atom stereocenters. The Morgan fingerprint density at radius 3 is 2.93 bits per heavy atom. The molecule has 1 atom stereocenters. The minimum atomic E-state index is -0.0703. The lowest BCUT2D eigenvalue weighted by atomic mass is 9.95. The maximum absolute atomic E-state index is 6.09.